The SMILES string of the molecule is O=C(NCCc1c[nH]c2ccccc12)c1ccc(C2CCCN2)s1.O=C(O)C(F)(F)F. The van der Waals surface area contributed by atoms with Crippen molar-refractivity contribution < 1.29 is 27.9 Å². The van der Waals surface area contributed by atoms with Gasteiger partial charge in [0.05, 0.1) is 4.88 Å². The molecule has 1 atom stereocenters. The highest BCUT2D eigenvalue weighted by molar-refractivity contribution is 7.14. The third kappa shape index (κ3) is 6.08. The Hall–Kier alpha value is -2.85. The van der Waals surface area contributed by atoms with E-state index in [1.807, 2.05) is 24.4 Å². The van der Waals surface area contributed by atoms with E-state index in [2.05, 4.69) is 33.8 Å². The van der Waals surface area contributed by atoms with Gasteiger partial charge in [0.15, 0.2) is 0 Å². The average molecular weight is 453 g/mol. The Kier molecular flexibility index (Phi) is 7.34. The second kappa shape index (κ2) is 9.97. The van der Waals surface area contributed by atoms with Crippen LogP contribution in [0.3, 0.4) is 0 Å². The fourth-order valence-corrected chi connectivity index (χ4v) is 4.36. The molecule has 10 heteroatoms. The smallest absolute Gasteiger partial charge is 0.475 e. The zero-order valence-corrected chi connectivity index (χ0v) is 17.3. The number of aromatic nitrogens is 1. The molecule has 1 fully saturated rings. The first-order chi connectivity index (χ1) is 14.8. The number of hydrogen-bond donors (Lipinski definition) is 4. The summed E-state index contributed by atoms with van der Waals surface area (Å²) in [6, 6.07) is 12.7. The Morgan fingerprint density at radius 2 is 1.94 bits per heavy atom. The summed E-state index contributed by atoms with van der Waals surface area (Å²) >= 11 is 1.61. The molecule has 1 aliphatic heterocycles. The van der Waals surface area contributed by atoms with Crippen molar-refractivity contribution in [2.24, 2.45) is 0 Å². The number of thiophene rings is 1. The first kappa shape index (κ1) is 22.8. The van der Waals surface area contributed by atoms with Gasteiger partial charge in [0.1, 0.15) is 0 Å². The van der Waals surface area contributed by atoms with Gasteiger partial charge < -0.3 is 20.7 Å². The van der Waals surface area contributed by atoms with Crippen LogP contribution in [0.5, 0.6) is 0 Å². The van der Waals surface area contributed by atoms with Crippen LogP contribution in [0.4, 0.5) is 13.2 Å². The lowest BCUT2D eigenvalue weighted by molar-refractivity contribution is -0.192. The molecule has 31 heavy (non-hydrogen) atoms. The highest BCUT2D eigenvalue weighted by Gasteiger charge is 2.38. The van der Waals surface area contributed by atoms with Gasteiger partial charge in [-0.05, 0) is 49.6 Å². The fraction of sp³-hybridized carbons (Fsp3) is 0.333. The molecule has 4 N–H and O–H groups in total. The normalized spacial score (nSPS) is 16.0. The number of carbonyl (C=O) groups excluding carboxylic acids is 1. The van der Waals surface area contributed by atoms with Gasteiger partial charge in [0.25, 0.3) is 5.91 Å². The molecule has 4 rings (SSSR count). The zero-order chi connectivity index (χ0) is 22.4. The van der Waals surface area contributed by atoms with Crippen LogP contribution in [0.1, 0.15) is 39.0 Å². The van der Waals surface area contributed by atoms with Crippen molar-refractivity contribution in [1.29, 1.82) is 0 Å². The van der Waals surface area contributed by atoms with E-state index < -0.39 is 12.1 Å². The summed E-state index contributed by atoms with van der Waals surface area (Å²) < 4.78 is 31.7. The van der Waals surface area contributed by atoms with E-state index in [1.165, 1.54) is 28.7 Å². The summed E-state index contributed by atoms with van der Waals surface area (Å²) in [7, 11) is 0. The lowest BCUT2D eigenvalue weighted by Crippen LogP contribution is -2.24. The van der Waals surface area contributed by atoms with E-state index in [4.69, 9.17) is 9.90 Å². The Balaban J connectivity index is 0.000000339. The largest absolute Gasteiger partial charge is 0.490 e. The highest BCUT2D eigenvalue weighted by atomic mass is 32.1. The third-order valence-corrected chi connectivity index (χ3v) is 6.05. The van der Waals surface area contributed by atoms with Crippen LogP contribution in [0, 0.1) is 0 Å². The predicted molar refractivity (Wildman–Crippen MR) is 112 cm³/mol. The van der Waals surface area contributed by atoms with Gasteiger partial charge in [-0.2, -0.15) is 13.2 Å². The van der Waals surface area contributed by atoms with Gasteiger partial charge in [-0.15, -0.1) is 11.3 Å². The number of aromatic amines is 1. The third-order valence-electron chi connectivity index (χ3n) is 4.85. The number of H-pyrrole nitrogens is 1. The van der Waals surface area contributed by atoms with Crippen molar-refractivity contribution in [3.8, 4) is 0 Å². The van der Waals surface area contributed by atoms with Crippen molar-refractivity contribution in [2.45, 2.75) is 31.5 Å². The van der Waals surface area contributed by atoms with Gasteiger partial charge in [0.2, 0.25) is 0 Å². The molecule has 1 saturated heterocycles. The maximum Gasteiger partial charge on any atom is 0.490 e. The highest BCUT2D eigenvalue weighted by Crippen LogP contribution is 2.29. The second-order valence-electron chi connectivity index (χ2n) is 7.02. The van der Waals surface area contributed by atoms with Gasteiger partial charge in [-0.1, -0.05) is 18.2 Å². The summed E-state index contributed by atoms with van der Waals surface area (Å²) in [5, 5.41) is 14.9. The molecule has 166 valence electrons. The quantitative estimate of drug-likeness (QED) is 0.464. The van der Waals surface area contributed by atoms with Crippen molar-refractivity contribution >= 4 is 34.1 Å². The van der Waals surface area contributed by atoms with Crippen molar-refractivity contribution in [3.05, 3.63) is 57.9 Å². The topological polar surface area (TPSA) is 94.2 Å². The number of para-hydroxylation sites is 1. The maximum atomic E-state index is 12.3. The van der Waals surface area contributed by atoms with E-state index >= 15 is 0 Å². The molecule has 0 bridgehead atoms. The summed E-state index contributed by atoms with van der Waals surface area (Å²) in [6.07, 6.45) is 0.168. The summed E-state index contributed by atoms with van der Waals surface area (Å²) in [5.41, 5.74) is 2.39. The second-order valence-corrected chi connectivity index (χ2v) is 8.13. The van der Waals surface area contributed by atoms with Gasteiger partial charge in [0, 0.05) is 34.6 Å². The Morgan fingerprint density at radius 3 is 2.61 bits per heavy atom. The van der Waals surface area contributed by atoms with Crippen LogP contribution >= 0.6 is 11.3 Å². The minimum atomic E-state index is -5.08. The Bertz CT molecular complexity index is 1040. The minimum absolute atomic E-state index is 0.0316. The molecule has 3 heterocycles. The molecule has 0 radical (unpaired) electrons. The molecule has 3 aromatic rings. The summed E-state index contributed by atoms with van der Waals surface area (Å²) in [6.45, 7) is 1.73. The number of alkyl halides is 3. The number of benzene rings is 1. The monoisotopic (exact) mass is 453 g/mol. The number of rotatable bonds is 5. The van der Waals surface area contributed by atoms with Crippen LogP contribution in [0.25, 0.3) is 10.9 Å². The van der Waals surface area contributed by atoms with E-state index in [9.17, 15) is 18.0 Å². The van der Waals surface area contributed by atoms with E-state index in [1.54, 1.807) is 11.3 Å². The standard InChI is InChI=1S/C19H21N3OS.C2HF3O2/c23-19(18-8-7-17(24-18)16-6-3-10-20-16)21-11-9-13-12-22-15-5-2-1-4-14(13)15;3-2(4,5)1(6)7/h1-2,4-5,7-8,12,16,20,22H,3,6,9-11H2,(H,21,23);(H,6,7). The Labute approximate surface area is 180 Å². The van der Waals surface area contributed by atoms with Gasteiger partial charge >= 0.3 is 12.1 Å². The molecule has 0 aliphatic carbocycles. The number of hydrogen-bond acceptors (Lipinski definition) is 4. The zero-order valence-electron chi connectivity index (χ0n) is 16.5. The number of carboxylic acids is 1. The van der Waals surface area contributed by atoms with E-state index in [0.29, 0.717) is 12.6 Å². The predicted octanol–water partition coefficient (Wildman–Crippen LogP) is 4.26. The number of nitrogens with one attached hydrogen (secondary N) is 3. The van der Waals surface area contributed by atoms with Crippen molar-refractivity contribution in [3.63, 3.8) is 0 Å². The first-order valence-corrected chi connectivity index (χ1v) is 10.5. The first-order valence-electron chi connectivity index (χ1n) is 9.72. The molecule has 1 aliphatic rings. The summed E-state index contributed by atoms with van der Waals surface area (Å²) in [5.74, 6) is -2.73. The van der Waals surface area contributed by atoms with Crippen LogP contribution in [0.15, 0.2) is 42.6 Å². The fourth-order valence-electron chi connectivity index (χ4n) is 3.33. The van der Waals surface area contributed by atoms with Crippen LogP contribution < -0.4 is 10.6 Å². The molecular formula is C21H22F3N3O3S. The molecule has 0 saturated carbocycles. The number of halogens is 3. The Morgan fingerprint density at radius 1 is 1.19 bits per heavy atom. The molecule has 1 unspecified atom stereocenters. The average Bonchev–Trinajstić information content (AvgIpc) is 3.48. The number of carbonyl (C=O) groups is 2. The minimum Gasteiger partial charge on any atom is -0.475 e. The van der Waals surface area contributed by atoms with Crippen molar-refractivity contribution in [1.82, 2.24) is 15.6 Å². The lowest BCUT2D eigenvalue weighted by Gasteiger charge is -2.06. The number of amides is 1. The molecular weight excluding hydrogens is 431 g/mol. The molecule has 1 amide bonds. The van der Waals surface area contributed by atoms with Gasteiger partial charge in [-0.3, -0.25) is 4.79 Å². The lowest BCUT2D eigenvalue weighted by atomic mass is 10.1. The maximum absolute atomic E-state index is 12.3. The molecule has 0 spiro atoms. The van der Waals surface area contributed by atoms with Crippen molar-refractivity contribution in [2.75, 3.05) is 13.1 Å². The van der Waals surface area contributed by atoms with Crippen LogP contribution in [-0.4, -0.2) is 41.2 Å². The molecule has 2 aromatic heterocycles. The number of carboxylic acid groups (broad SMARTS) is 1. The van der Waals surface area contributed by atoms with E-state index in [-0.39, 0.29) is 5.91 Å². The number of fused-ring (bicyclic) bond motifs is 1. The van der Waals surface area contributed by atoms with E-state index in [0.717, 1.165) is 23.4 Å². The summed E-state index contributed by atoms with van der Waals surface area (Å²) in [4.78, 5) is 26.6. The molecule has 1 aromatic carbocycles. The van der Waals surface area contributed by atoms with Crippen LogP contribution in [0.2, 0.25) is 0 Å². The number of aliphatic carboxylic acids is 1. The van der Waals surface area contributed by atoms with Crippen LogP contribution in [-0.2, 0) is 11.2 Å². The van der Waals surface area contributed by atoms with Gasteiger partial charge in [-0.25, -0.2) is 4.79 Å². The molecule has 6 nitrogen and oxygen atoms in total.